The molecule has 0 aromatic carbocycles. The van der Waals surface area contributed by atoms with E-state index < -0.39 is 54.5 Å². The number of carboxylic acids is 1. The van der Waals surface area contributed by atoms with Crippen molar-refractivity contribution in [3.8, 4) is 0 Å². The second-order valence-corrected chi connectivity index (χ2v) is 8.53. The molecule has 0 aromatic rings. The van der Waals surface area contributed by atoms with Crippen LogP contribution in [0.2, 0.25) is 0 Å². The van der Waals surface area contributed by atoms with Gasteiger partial charge in [0.15, 0.2) is 0 Å². The highest BCUT2D eigenvalue weighted by molar-refractivity contribution is 5.94. The molecule has 0 spiro atoms. The lowest BCUT2D eigenvalue weighted by molar-refractivity contribution is -0.142. The molecule has 3 amide bonds. The summed E-state index contributed by atoms with van der Waals surface area (Å²) in [5.41, 5.74) is 11.4. The Morgan fingerprint density at radius 1 is 0.875 bits per heavy atom. The van der Waals surface area contributed by atoms with E-state index in [2.05, 4.69) is 16.0 Å². The van der Waals surface area contributed by atoms with E-state index in [9.17, 15) is 29.4 Å². The van der Waals surface area contributed by atoms with Gasteiger partial charge in [-0.2, -0.15) is 0 Å². The molecular formula is C21H41N5O6. The summed E-state index contributed by atoms with van der Waals surface area (Å²) in [4.78, 5) is 49.1. The van der Waals surface area contributed by atoms with E-state index in [-0.39, 0.29) is 18.3 Å². The zero-order valence-electron chi connectivity index (χ0n) is 19.6. The van der Waals surface area contributed by atoms with Crippen molar-refractivity contribution in [3.05, 3.63) is 0 Å². The monoisotopic (exact) mass is 459 g/mol. The number of aliphatic hydroxyl groups is 1. The number of carbonyl (C=O) groups excluding carboxylic acids is 3. The average molecular weight is 460 g/mol. The van der Waals surface area contributed by atoms with Gasteiger partial charge >= 0.3 is 5.97 Å². The molecule has 11 heteroatoms. The summed E-state index contributed by atoms with van der Waals surface area (Å²) >= 11 is 0. The van der Waals surface area contributed by atoms with Crippen molar-refractivity contribution in [1.29, 1.82) is 0 Å². The maximum absolute atomic E-state index is 12.8. The van der Waals surface area contributed by atoms with Gasteiger partial charge in [-0.15, -0.1) is 0 Å². The fourth-order valence-electron chi connectivity index (χ4n) is 2.97. The standard InChI is InChI=1S/C21H41N5O6/c1-5-13(4)17(23)20(30)25-15(10-12(2)3)18(28)26-16(11-27)19(29)24-14(21(31)32)8-6-7-9-22/h12-17,27H,5-11,22-23H2,1-4H3,(H,24,29)(H,25,30)(H,26,28)(H,31,32). The lowest BCUT2D eigenvalue weighted by Crippen LogP contribution is -2.58. The fourth-order valence-corrected chi connectivity index (χ4v) is 2.97. The van der Waals surface area contributed by atoms with Crippen LogP contribution in [-0.2, 0) is 19.2 Å². The Bertz CT molecular complexity index is 615. The Morgan fingerprint density at radius 2 is 1.41 bits per heavy atom. The minimum Gasteiger partial charge on any atom is -0.480 e. The van der Waals surface area contributed by atoms with Crippen LogP contribution in [0.5, 0.6) is 0 Å². The molecule has 0 aliphatic heterocycles. The second-order valence-electron chi connectivity index (χ2n) is 8.53. The molecular weight excluding hydrogens is 418 g/mol. The van der Waals surface area contributed by atoms with Gasteiger partial charge in [0.05, 0.1) is 12.6 Å². The van der Waals surface area contributed by atoms with Crippen LogP contribution in [0, 0.1) is 11.8 Å². The minimum absolute atomic E-state index is 0.0474. The maximum atomic E-state index is 12.8. The van der Waals surface area contributed by atoms with Crippen LogP contribution < -0.4 is 27.4 Å². The highest BCUT2D eigenvalue weighted by Gasteiger charge is 2.31. The summed E-state index contributed by atoms with van der Waals surface area (Å²) in [5, 5.41) is 26.3. The molecule has 5 unspecified atom stereocenters. The molecule has 0 saturated heterocycles. The Balaban J connectivity index is 5.21. The van der Waals surface area contributed by atoms with Gasteiger partial charge in [0.1, 0.15) is 18.1 Å². The Hall–Kier alpha value is -2.24. The first-order valence-electron chi connectivity index (χ1n) is 11.2. The van der Waals surface area contributed by atoms with Gasteiger partial charge in [-0.1, -0.05) is 34.1 Å². The molecule has 5 atom stereocenters. The van der Waals surface area contributed by atoms with Crippen LogP contribution in [0.15, 0.2) is 0 Å². The van der Waals surface area contributed by atoms with Crippen LogP contribution >= 0.6 is 0 Å². The second kappa shape index (κ2) is 15.5. The van der Waals surface area contributed by atoms with E-state index in [0.29, 0.717) is 32.2 Å². The van der Waals surface area contributed by atoms with E-state index in [0.717, 1.165) is 0 Å². The van der Waals surface area contributed by atoms with Gasteiger partial charge < -0.3 is 37.6 Å². The fraction of sp³-hybridized carbons (Fsp3) is 0.810. The van der Waals surface area contributed by atoms with Crippen molar-refractivity contribution in [3.63, 3.8) is 0 Å². The molecule has 9 N–H and O–H groups in total. The Morgan fingerprint density at radius 3 is 1.88 bits per heavy atom. The number of nitrogens with one attached hydrogen (secondary N) is 3. The number of hydrogen-bond acceptors (Lipinski definition) is 7. The molecule has 0 aromatic heterocycles. The summed E-state index contributed by atoms with van der Waals surface area (Å²) in [7, 11) is 0. The first kappa shape index (κ1) is 29.8. The number of aliphatic hydroxyl groups excluding tert-OH is 1. The molecule has 0 bridgehead atoms. The lowest BCUT2D eigenvalue weighted by atomic mass is 9.97. The van der Waals surface area contributed by atoms with E-state index in [1.165, 1.54) is 0 Å². The Kier molecular flexibility index (Phi) is 14.5. The first-order chi connectivity index (χ1) is 15.0. The summed E-state index contributed by atoms with van der Waals surface area (Å²) in [6.07, 6.45) is 2.27. The predicted octanol–water partition coefficient (Wildman–Crippen LogP) is -0.934. The van der Waals surface area contributed by atoms with Crippen LogP contribution in [0.3, 0.4) is 0 Å². The van der Waals surface area contributed by atoms with Gasteiger partial charge in [0.25, 0.3) is 0 Å². The molecule has 0 aliphatic rings. The third-order valence-electron chi connectivity index (χ3n) is 5.28. The number of carboxylic acid groups (broad SMARTS) is 1. The van der Waals surface area contributed by atoms with Gasteiger partial charge in [0, 0.05) is 0 Å². The largest absolute Gasteiger partial charge is 0.480 e. The van der Waals surface area contributed by atoms with Crippen molar-refractivity contribution < 1.29 is 29.4 Å². The summed E-state index contributed by atoms with van der Waals surface area (Å²) in [5.74, 6) is -3.22. The van der Waals surface area contributed by atoms with Gasteiger partial charge in [-0.05, 0) is 44.1 Å². The average Bonchev–Trinajstić information content (AvgIpc) is 2.74. The third kappa shape index (κ3) is 10.9. The predicted molar refractivity (Wildman–Crippen MR) is 120 cm³/mol. The van der Waals surface area contributed by atoms with Crippen molar-refractivity contribution >= 4 is 23.7 Å². The summed E-state index contributed by atoms with van der Waals surface area (Å²) in [6, 6.07) is -4.28. The van der Waals surface area contributed by atoms with E-state index in [1.807, 2.05) is 27.7 Å². The van der Waals surface area contributed by atoms with Crippen molar-refractivity contribution in [2.75, 3.05) is 13.2 Å². The van der Waals surface area contributed by atoms with Crippen molar-refractivity contribution in [1.82, 2.24) is 16.0 Å². The molecule has 0 rings (SSSR count). The van der Waals surface area contributed by atoms with Crippen LogP contribution in [0.4, 0.5) is 0 Å². The highest BCUT2D eigenvalue weighted by atomic mass is 16.4. The SMILES string of the molecule is CCC(C)C(N)C(=O)NC(CC(C)C)C(=O)NC(CO)C(=O)NC(CCCCN)C(=O)O. The van der Waals surface area contributed by atoms with E-state index in [4.69, 9.17) is 11.5 Å². The van der Waals surface area contributed by atoms with E-state index in [1.54, 1.807) is 0 Å². The first-order valence-corrected chi connectivity index (χ1v) is 11.2. The van der Waals surface area contributed by atoms with Gasteiger partial charge in [0.2, 0.25) is 17.7 Å². The van der Waals surface area contributed by atoms with E-state index >= 15 is 0 Å². The number of hydrogen-bond donors (Lipinski definition) is 7. The quantitative estimate of drug-likeness (QED) is 0.144. The molecule has 11 nitrogen and oxygen atoms in total. The molecule has 0 fully saturated rings. The normalized spacial score (nSPS) is 15.9. The number of unbranched alkanes of at least 4 members (excludes halogenated alkanes) is 1. The van der Waals surface area contributed by atoms with Crippen LogP contribution in [-0.4, -0.2) is 71.2 Å². The van der Waals surface area contributed by atoms with Crippen LogP contribution in [0.1, 0.15) is 59.8 Å². The number of amides is 3. The number of aliphatic carboxylic acids is 1. The number of nitrogens with two attached hydrogens (primary N) is 2. The van der Waals surface area contributed by atoms with Crippen molar-refractivity contribution in [2.24, 2.45) is 23.3 Å². The maximum Gasteiger partial charge on any atom is 0.326 e. The third-order valence-corrected chi connectivity index (χ3v) is 5.28. The van der Waals surface area contributed by atoms with Crippen LogP contribution in [0.25, 0.3) is 0 Å². The lowest BCUT2D eigenvalue weighted by Gasteiger charge is -2.26. The van der Waals surface area contributed by atoms with Crippen molar-refractivity contribution in [2.45, 2.75) is 84.0 Å². The topological polar surface area (TPSA) is 197 Å². The highest BCUT2D eigenvalue weighted by Crippen LogP contribution is 2.09. The Labute approximate surface area is 190 Å². The number of rotatable bonds is 16. The molecule has 32 heavy (non-hydrogen) atoms. The summed E-state index contributed by atoms with van der Waals surface area (Å²) in [6.45, 7) is 7.15. The minimum atomic E-state index is -1.37. The molecule has 0 aliphatic carbocycles. The zero-order valence-corrected chi connectivity index (χ0v) is 19.6. The smallest absolute Gasteiger partial charge is 0.326 e. The molecule has 0 heterocycles. The number of carbonyl (C=O) groups is 4. The zero-order chi connectivity index (χ0) is 24.8. The van der Waals surface area contributed by atoms with Gasteiger partial charge in [-0.3, -0.25) is 14.4 Å². The molecule has 186 valence electrons. The molecule has 0 saturated carbocycles. The summed E-state index contributed by atoms with van der Waals surface area (Å²) < 4.78 is 0. The van der Waals surface area contributed by atoms with Gasteiger partial charge in [-0.25, -0.2) is 4.79 Å². The molecule has 0 radical (unpaired) electrons.